The number of ether oxygens (including phenoxy) is 1. The van der Waals surface area contributed by atoms with Crippen LogP contribution in [-0.2, 0) is 19.6 Å². The van der Waals surface area contributed by atoms with E-state index in [1.54, 1.807) is 30.3 Å². The fourth-order valence-electron chi connectivity index (χ4n) is 2.08. The first-order chi connectivity index (χ1) is 13.8. The molecule has 152 valence electrons. The van der Waals surface area contributed by atoms with Gasteiger partial charge in [0.25, 0.3) is 11.8 Å². The third-order valence-electron chi connectivity index (χ3n) is 3.48. The number of carbonyl (C=O) groups excluding carboxylic acids is 3. The maximum Gasteiger partial charge on any atom is 0.338 e. The smallest absolute Gasteiger partial charge is 0.338 e. The number of hydrazine groups is 1. The average Bonchev–Trinajstić information content (AvgIpc) is 2.75. The molecule has 29 heavy (non-hydrogen) atoms. The Hall–Kier alpha value is -3.50. The van der Waals surface area contributed by atoms with Crippen LogP contribution in [-0.4, -0.2) is 39.4 Å². The lowest BCUT2D eigenvalue weighted by atomic mass is 10.2. The standard InChI is InChI=1S/C19H19N3O6S/c1-2-11-20-29(26,27)16-10-6-9-15(12-16)19(25)28-13-17(23)21-22-18(24)14-7-4-3-5-8-14/h2-10,12,20H,1,11,13H2,(H,21,23)(H,22,24). The van der Waals surface area contributed by atoms with Crippen LogP contribution in [0.1, 0.15) is 20.7 Å². The van der Waals surface area contributed by atoms with E-state index in [-0.39, 0.29) is 17.0 Å². The van der Waals surface area contributed by atoms with Crippen LogP contribution in [0.5, 0.6) is 0 Å². The molecule has 0 saturated carbocycles. The topological polar surface area (TPSA) is 131 Å². The minimum absolute atomic E-state index is 0.0336. The zero-order valence-electron chi connectivity index (χ0n) is 15.3. The van der Waals surface area contributed by atoms with Gasteiger partial charge in [0.05, 0.1) is 10.5 Å². The van der Waals surface area contributed by atoms with Crippen molar-refractivity contribution in [2.75, 3.05) is 13.2 Å². The van der Waals surface area contributed by atoms with Crippen molar-refractivity contribution in [3.05, 3.63) is 78.4 Å². The molecule has 0 aliphatic rings. The molecule has 0 fully saturated rings. The molecule has 0 atom stereocenters. The van der Waals surface area contributed by atoms with Crippen LogP contribution in [0.15, 0.2) is 72.1 Å². The molecule has 2 aromatic carbocycles. The number of nitrogens with one attached hydrogen (secondary N) is 3. The second-order valence-corrected chi connectivity index (χ2v) is 7.38. The Bertz CT molecular complexity index is 1010. The van der Waals surface area contributed by atoms with Crippen molar-refractivity contribution in [1.82, 2.24) is 15.6 Å². The normalized spacial score (nSPS) is 10.6. The molecule has 0 aromatic heterocycles. The summed E-state index contributed by atoms with van der Waals surface area (Å²) >= 11 is 0. The van der Waals surface area contributed by atoms with Crippen LogP contribution in [0.25, 0.3) is 0 Å². The summed E-state index contributed by atoms with van der Waals surface area (Å²) in [6, 6.07) is 13.4. The first-order valence-electron chi connectivity index (χ1n) is 8.35. The summed E-state index contributed by atoms with van der Waals surface area (Å²) in [4.78, 5) is 35.5. The van der Waals surface area contributed by atoms with E-state index in [4.69, 9.17) is 4.74 Å². The van der Waals surface area contributed by atoms with Gasteiger partial charge in [0, 0.05) is 12.1 Å². The maximum atomic E-state index is 12.1. The van der Waals surface area contributed by atoms with Gasteiger partial charge >= 0.3 is 5.97 Å². The zero-order valence-corrected chi connectivity index (χ0v) is 16.1. The number of carbonyl (C=O) groups is 3. The van der Waals surface area contributed by atoms with Gasteiger partial charge in [-0.25, -0.2) is 17.9 Å². The number of rotatable bonds is 8. The Morgan fingerprint density at radius 1 is 0.966 bits per heavy atom. The Morgan fingerprint density at radius 3 is 2.34 bits per heavy atom. The summed E-state index contributed by atoms with van der Waals surface area (Å²) in [6.45, 7) is 2.79. The Labute approximate surface area is 167 Å². The second kappa shape index (κ2) is 10.2. The SMILES string of the molecule is C=CCNS(=O)(=O)c1cccc(C(=O)OCC(=O)NNC(=O)c2ccccc2)c1. The summed E-state index contributed by atoms with van der Waals surface area (Å²) in [7, 11) is -3.81. The number of benzene rings is 2. The van der Waals surface area contributed by atoms with Crippen LogP contribution in [0.2, 0.25) is 0 Å². The van der Waals surface area contributed by atoms with Crippen molar-refractivity contribution >= 4 is 27.8 Å². The van der Waals surface area contributed by atoms with Crippen molar-refractivity contribution in [3.63, 3.8) is 0 Å². The van der Waals surface area contributed by atoms with Crippen LogP contribution in [0, 0.1) is 0 Å². The summed E-state index contributed by atoms with van der Waals surface area (Å²) in [5, 5.41) is 0. The first kappa shape index (κ1) is 21.8. The predicted octanol–water partition coefficient (Wildman–Crippen LogP) is 0.769. The molecular weight excluding hydrogens is 398 g/mol. The van der Waals surface area contributed by atoms with Gasteiger partial charge in [-0.3, -0.25) is 20.4 Å². The van der Waals surface area contributed by atoms with Crippen molar-refractivity contribution < 1.29 is 27.5 Å². The molecule has 9 nitrogen and oxygen atoms in total. The van der Waals surface area contributed by atoms with Gasteiger partial charge in [0.15, 0.2) is 6.61 Å². The van der Waals surface area contributed by atoms with E-state index in [1.165, 1.54) is 24.3 Å². The molecule has 0 radical (unpaired) electrons. The lowest BCUT2D eigenvalue weighted by Gasteiger charge is -2.09. The second-order valence-electron chi connectivity index (χ2n) is 5.61. The minimum atomic E-state index is -3.81. The molecule has 0 heterocycles. The van der Waals surface area contributed by atoms with E-state index < -0.39 is 34.4 Å². The van der Waals surface area contributed by atoms with E-state index in [0.29, 0.717) is 5.56 Å². The van der Waals surface area contributed by atoms with Gasteiger partial charge in [-0.15, -0.1) is 6.58 Å². The minimum Gasteiger partial charge on any atom is -0.452 e. The fourth-order valence-corrected chi connectivity index (χ4v) is 3.12. The third kappa shape index (κ3) is 6.55. The highest BCUT2D eigenvalue weighted by molar-refractivity contribution is 7.89. The van der Waals surface area contributed by atoms with E-state index in [9.17, 15) is 22.8 Å². The number of esters is 1. The highest BCUT2D eigenvalue weighted by Gasteiger charge is 2.17. The molecule has 2 aromatic rings. The van der Waals surface area contributed by atoms with E-state index in [2.05, 4.69) is 22.2 Å². The molecule has 10 heteroatoms. The third-order valence-corrected chi connectivity index (χ3v) is 4.90. The zero-order chi connectivity index (χ0) is 21.3. The number of amides is 2. The van der Waals surface area contributed by atoms with Gasteiger partial charge in [-0.05, 0) is 30.3 Å². The molecule has 2 rings (SSSR count). The van der Waals surface area contributed by atoms with Gasteiger partial charge < -0.3 is 4.74 Å². The van der Waals surface area contributed by atoms with Crippen LogP contribution in [0.4, 0.5) is 0 Å². The molecule has 0 bridgehead atoms. The van der Waals surface area contributed by atoms with E-state index >= 15 is 0 Å². The molecule has 0 aliphatic heterocycles. The Kier molecular flexibility index (Phi) is 7.63. The van der Waals surface area contributed by atoms with Gasteiger partial charge in [0.2, 0.25) is 10.0 Å². The van der Waals surface area contributed by atoms with Gasteiger partial charge in [-0.2, -0.15) is 0 Å². The molecule has 0 saturated heterocycles. The summed E-state index contributed by atoms with van der Waals surface area (Å²) in [5.41, 5.74) is 4.59. The first-order valence-corrected chi connectivity index (χ1v) is 9.84. The summed E-state index contributed by atoms with van der Waals surface area (Å²) in [5.74, 6) is -2.19. The van der Waals surface area contributed by atoms with Crippen molar-refractivity contribution in [2.45, 2.75) is 4.90 Å². The van der Waals surface area contributed by atoms with Crippen molar-refractivity contribution in [3.8, 4) is 0 Å². The van der Waals surface area contributed by atoms with Gasteiger partial charge in [0.1, 0.15) is 0 Å². The lowest BCUT2D eigenvalue weighted by Crippen LogP contribution is -2.43. The molecule has 2 amide bonds. The largest absolute Gasteiger partial charge is 0.452 e. The van der Waals surface area contributed by atoms with Crippen LogP contribution < -0.4 is 15.6 Å². The summed E-state index contributed by atoms with van der Waals surface area (Å²) in [6.07, 6.45) is 1.38. The fraction of sp³-hybridized carbons (Fsp3) is 0.105. The van der Waals surface area contributed by atoms with Crippen molar-refractivity contribution in [1.29, 1.82) is 0 Å². The molecule has 0 aliphatic carbocycles. The highest BCUT2D eigenvalue weighted by Crippen LogP contribution is 2.12. The Morgan fingerprint density at radius 2 is 1.66 bits per heavy atom. The highest BCUT2D eigenvalue weighted by atomic mass is 32.2. The number of hydrogen-bond donors (Lipinski definition) is 3. The predicted molar refractivity (Wildman–Crippen MR) is 104 cm³/mol. The van der Waals surface area contributed by atoms with E-state index in [0.717, 1.165) is 6.07 Å². The van der Waals surface area contributed by atoms with Crippen molar-refractivity contribution in [2.24, 2.45) is 0 Å². The quantitative estimate of drug-likeness (QED) is 0.330. The number of sulfonamides is 1. The van der Waals surface area contributed by atoms with Gasteiger partial charge in [-0.1, -0.05) is 30.3 Å². The van der Waals surface area contributed by atoms with Crippen LogP contribution >= 0.6 is 0 Å². The monoisotopic (exact) mass is 417 g/mol. The summed E-state index contributed by atoms with van der Waals surface area (Å²) < 4.78 is 31.3. The molecule has 0 unspecified atom stereocenters. The maximum absolute atomic E-state index is 12.1. The number of hydrogen-bond acceptors (Lipinski definition) is 6. The van der Waals surface area contributed by atoms with E-state index in [1.807, 2.05) is 0 Å². The Balaban J connectivity index is 1.89. The lowest BCUT2D eigenvalue weighted by molar-refractivity contribution is -0.125. The van der Waals surface area contributed by atoms with Crippen LogP contribution in [0.3, 0.4) is 0 Å². The average molecular weight is 417 g/mol. The molecule has 3 N–H and O–H groups in total. The molecular formula is C19H19N3O6S. The molecule has 0 spiro atoms.